The number of carbonyl (C=O) groups excluding carboxylic acids is 1. The zero-order valence-corrected chi connectivity index (χ0v) is 11.3. The van der Waals surface area contributed by atoms with Gasteiger partial charge in [0.25, 0.3) is 0 Å². The van der Waals surface area contributed by atoms with Crippen LogP contribution in [0.2, 0.25) is 5.02 Å². The third kappa shape index (κ3) is 2.26. The van der Waals surface area contributed by atoms with Crippen molar-refractivity contribution in [1.29, 1.82) is 0 Å². The molecule has 3 rings (SSSR count). The number of benzene rings is 2. The Morgan fingerprint density at radius 3 is 2.30 bits per heavy atom. The molecule has 0 aliphatic heterocycles. The van der Waals surface area contributed by atoms with Crippen LogP contribution >= 0.6 is 11.6 Å². The van der Waals surface area contributed by atoms with E-state index in [1.165, 1.54) is 6.08 Å². The van der Waals surface area contributed by atoms with Crippen LogP contribution in [0.5, 0.6) is 0 Å². The third-order valence-electron chi connectivity index (χ3n) is 3.20. The summed E-state index contributed by atoms with van der Waals surface area (Å²) in [5, 5.41) is 10.4. The summed E-state index contributed by atoms with van der Waals surface area (Å²) in [4.78, 5) is 11.9. The number of fused-ring (bicyclic) bond motifs is 1. The molecule has 0 saturated heterocycles. The van der Waals surface area contributed by atoms with Gasteiger partial charge in [-0.15, -0.1) is 0 Å². The van der Waals surface area contributed by atoms with Gasteiger partial charge in [0, 0.05) is 10.6 Å². The average Bonchev–Trinajstić information content (AvgIpc) is 2.47. The molecule has 3 heteroatoms. The fourth-order valence-electron chi connectivity index (χ4n) is 2.22. The van der Waals surface area contributed by atoms with Crippen LogP contribution in [-0.4, -0.2) is 10.9 Å². The second kappa shape index (κ2) is 4.99. The number of hydrogen-bond donors (Lipinski definition) is 1. The molecule has 2 aromatic carbocycles. The Morgan fingerprint density at radius 1 is 0.950 bits per heavy atom. The van der Waals surface area contributed by atoms with Crippen molar-refractivity contribution in [3.05, 3.63) is 82.1 Å². The standard InChI is InChI=1S/C17H11ClO2/c18-13-7-5-11(6-8-13)9-12-10-16(19)17(20)15-4-2-1-3-14(12)15/h1-10,19H/b12-9+. The number of aliphatic hydroxyl groups excluding tert-OH is 1. The van der Waals surface area contributed by atoms with Crippen LogP contribution in [0.4, 0.5) is 0 Å². The molecular weight excluding hydrogens is 272 g/mol. The number of rotatable bonds is 1. The van der Waals surface area contributed by atoms with Crippen molar-refractivity contribution in [2.75, 3.05) is 0 Å². The summed E-state index contributed by atoms with van der Waals surface area (Å²) in [6.45, 7) is 0. The van der Waals surface area contributed by atoms with Crippen molar-refractivity contribution >= 4 is 29.0 Å². The van der Waals surface area contributed by atoms with E-state index in [2.05, 4.69) is 0 Å². The summed E-state index contributed by atoms with van der Waals surface area (Å²) in [5.74, 6) is -0.572. The van der Waals surface area contributed by atoms with Crippen molar-refractivity contribution in [2.24, 2.45) is 0 Å². The molecule has 0 bridgehead atoms. The molecular formula is C17H11ClO2. The number of halogens is 1. The maximum Gasteiger partial charge on any atom is 0.227 e. The maximum absolute atomic E-state index is 11.9. The minimum absolute atomic E-state index is 0.232. The highest BCUT2D eigenvalue weighted by Crippen LogP contribution is 2.30. The molecule has 2 aromatic rings. The first-order chi connectivity index (χ1) is 9.65. The topological polar surface area (TPSA) is 37.3 Å². The van der Waals surface area contributed by atoms with Gasteiger partial charge in [-0.1, -0.05) is 48.0 Å². The molecule has 1 N–H and O–H groups in total. The Balaban J connectivity index is 2.13. The second-order valence-corrected chi connectivity index (χ2v) is 4.99. The fraction of sp³-hybridized carbons (Fsp3) is 0. The molecule has 0 fully saturated rings. The predicted molar refractivity (Wildman–Crippen MR) is 80.8 cm³/mol. The Labute approximate surface area is 121 Å². The van der Waals surface area contributed by atoms with Gasteiger partial charge >= 0.3 is 0 Å². The van der Waals surface area contributed by atoms with Crippen molar-refractivity contribution in [2.45, 2.75) is 0 Å². The Hall–Kier alpha value is -2.32. The van der Waals surface area contributed by atoms with Crippen LogP contribution in [0.25, 0.3) is 11.6 Å². The summed E-state index contributed by atoms with van der Waals surface area (Å²) in [7, 11) is 0. The van der Waals surface area contributed by atoms with Crippen molar-refractivity contribution < 1.29 is 9.90 Å². The van der Waals surface area contributed by atoms with Crippen LogP contribution < -0.4 is 0 Å². The van der Waals surface area contributed by atoms with Crippen LogP contribution in [0.3, 0.4) is 0 Å². The molecule has 20 heavy (non-hydrogen) atoms. The van der Waals surface area contributed by atoms with Crippen LogP contribution in [0.15, 0.2) is 60.4 Å². The van der Waals surface area contributed by atoms with Crippen LogP contribution in [0.1, 0.15) is 21.5 Å². The predicted octanol–water partition coefficient (Wildman–Crippen LogP) is 4.52. The number of ketones is 1. The van der Waals surface area contributed by atoms with E-state index in [9.17, 15) is 9.90 Å². The van der Waals surface area contributed by atoms with Crippen molar-refractivity contribution in [3.63, 3.8) is 0 Å². The van der Waals surface area contributed by atoms with Gasteiger partial charge in [-0.3, -0.25) is 4.79 Å². The largest absolute Gasteiger partial charge is 0.504 e. The molecule has 2 nitrogen and oxygen atoms in total. The minimum atomic E-state index is -0.339. The van der Waals surface area contributed by atoms with E-state index in [1.54, 1.807) is 24.3 Å². The van der Waals surface area contributed by atoms with E-state index in [0.29, 0.717) is 10.6 Å². The van der Waals surface area contributed by atoms with Crippen LogP contribution in [0, 0.1) is 0 Å². The summed E-state index contributed by atoms with van der Waals surface area (Å²) in [6, 6.07) is 14.6. The number of Topliss-reactive ketones (excluding diaryl/α,β-unsaturated/α-hetero) is 1. The molecule has 0 atom stereocenters. The first-order valence-corrected chi connectivity index (χ1v) is 6.55. The Kier molecular flexibility index (Phi) is 3.17. The molecule has 0 saturated carbocycles. The highest BCUT2D eigenvalue weighted by molar-refractivity contribution is 6.30. The lowest BCUT2D eigenvalue weighted by Crippen LogP contribution is -2.10. The normalized spacial score (nSPS) is 15.9. The highest BCUT2D eigenvalue weighted by Gasteiger charge is 2.22. The molecule has 0 spiro atoms. The van der Waals surface area contributed by atoms with Crippen LogP contribution in [-0.2, 0) is 0 Å². The summed E-state index contributed by atoms with van der Waals surface area (Å²) >= 11 is 5.86. The average molecular weight is 283 g/mol. The molecule has 0 radical (unpaired) electrons. The van der Waals surface area contributed by atoms with Gasteiger partial charge in [0.2, 0.25) is 5.78 Å². The van der Waals surface area contributed by atoms with E-state index in [-0.39, 0.29) is 11.5 Å². The zero-order valence-electron chi connectivity index (χ0n) is 10.5. The summed E-state index contributed by atoms with van der Waals surface area (Å²) in [5.41, 5.74) is 3.11. The lowest BCUT2D eigenvalue weighted by atomic mass is 9.89. The summed E-state index contributed by atoms with van der Waals surface area (Å²) in [6.07, 6.45) is 3.41. The van der Waals surface area contributed by atoms with Gasteiger partial charge in [-0.25, -0.2) is 0 Å². The smallest absolute Gasteiger partial charge is 0.227 e. The molecule has 1 aliphatic carbocycles. The number of aliphatic hydroxyl groups is 1. The van der Waals surface area contributed by atoms with Gasteiger partial charge in [-0.2, -0.15) is 0 Å². The van der Waals surface area contributed by atoms with E-state index in [0.717, 1.165) is 16.7 Å². The van der Waals surface area contributed by atoms with E-state index in [1.807, 2.05) is 30.3 Å². The molecule has 0 heterocycles. The van der Waals surface area contributed by atoms with Gasteiger partial charge < -0.3 is 5.11 Å². The van der Waals surface area contributed by atoms with Crippen molar-refractivity contribution in [1.82, 2.24) is 0 Å². The van der Waals surface area contributed by atoms with Crippen molar-refractivity contribution in [3.8, 4) is 0 Å². The van der Waals surface area contributed by atoms with Gasteiger partial charge in [0.1, 0.15) is 0 Å². The minimum Gasteiger partial charge on any atom is -0.504 e. The van der Waals surface area contributed by atoms with E-state index < -0.39 is 0 Å². The Morgan fingerprint density at radius 2 is 1.60 bits per heavy atom. The molecule has 1 aliphatic rings. The quantitative estimate of drug-likeness (QED) is 0.835. The third-order valence-corrected chi connectivity index (χ3v) is 3.45. The number of carbonyl (C=O) groups is 1. The lowest BCUT2D eigenvalue weighted by Gasteiger charge is -2.15. The first kappa shape index (κ1) is 12.7. The SMILES string of the molecule is O=C1C(O)=C/C(=C\c2ccc(Cl)cc2)c2ccccc21. The molecule has 0 unspecified atom stereocenters. The maximum atomic E-state index is 11.9. The zero-order chi connectivity index (χ0) is 14.1. The van der Waals surface area contributed by atoms with Gasteiger partial charge in [0.15, 0.2) is 5.76 Å². The summed E-state index contributed by atoms with van der Waals surface area (Å²) < 4.78 is 0. The fourth-order valence-corrected chi connectivity index (χ4v) is 2.35. The number of allylic oxidation sites excluding steroid dienone is 3. The van der Waals surface area contributed by atoms with Gasteiger partial charge in [-0.05, 0) is 41.0 Å². The molecule has 98 valence electrons. The lowest BCUT2D eigenvalue weighted by molar-refractivity contribution is 0.0976. The van der Waals surface area contributed by atoms with Gasteiger partial charge in [0.05, 0.1) is 0 Å². The first-order valence-electron chi connectivity index (χ1n) is 6.17. The molecule has 0 aromatic heterocycles. The number of hydrogen-bond acceptors (Lipinski definition) is 2. The highest BCUT2D eigenvalue weighted by atomic mass is 35.5. The Bertz CT molecular complexity index is 740. The monoisotopic (exact) mass is 282 g/mol. The van der Waals surface area contributed by atoms with E-state index in [4.69, 9.17) is 11.6 Å². The second-order valence-electron chi connectivity index (χ2n) is 4.56. The van der Waals surface area contributed by atoms with E-state index >= 15 is 0 Å². The molecule has 0 amide bonds.